The highest BCUT2D eigenvalue weighted by atomic mass is 14.7. The first kappa shape index (κ1) is 12.3. The van der Waals surface area contributed by atoms with Crippen LogP contribution in [0.1, 0.15) is 16.7 Å². The van der Waals surface area contributed by atoms with Gasteiger partial charge in [0.05, 0.1) is 5.69 Å². The molecule has 0 saturated heterocycles. The number of aryl methyl sites for hydroxylation is 1. The van der Waals surface area contributed by atoms with Gasteiger partial charge in [-0.25, -0.2) is 0 Å². The second-order valence-corrected chi connectivity index (χ2v) is 4.30. The third kappa shape index (κ3) is 3.42. The number of hydrogen-bond acceptors (Lipinski definition) is 1. The first-order valence-electron chi connectivity index (χ1n) is 6.08. The van der Waals surface area contributed by atoms with E-state index in [1.807, 2.05) is 24.4 Å². The zero-order valence-corrected chi connectivity index (χ0v) is 10.6. The monoisotopic (exact) mass is 235 g/mol. The largest absolute Gasteiger partial charge is 0.261 e. The van der Waals surface area contributed by atoms with Gasteiger partial charge < -0.3 is 0 Å². The first-order valence-corrected chi connectivity index (χ1v) is 6.08. The van der Waals surface area contributed by atoms with Crippen LogP contribution < -0.4 is 0 Å². The molecule has 0 aliphatic rings. The standard InChI is InChI=1S/C17H17N/c1-3-15-6-8-16(9-7-15)12-13-18-17-10-4-14(2)5-11-17/h3-11,13H,1,12H2,2H3/b18-13+. The summed E-state index contributed by atoms with van der Waals surface area (Å²) in [6.45, 7) is 5.82. The number of nitrogens with zero attached hydrogens (tertiary/aromatic N) is 1. The molecule has 0 aliphatic heterocycles. The summed E-state index contributed by atoms with van der Waals surface area (Å²) >= 11 is 0. The van der Waals surface area contributed by atoms with Crippen LogP contribution in [0.15, 0.2) is 60.1 Å². The van der Waals surface area contributed by atoms with Crippen molar-refractivity contribution in [1.29, 1.82) is 0 Å². The Kier molecular flexibility index (Phi) is 4.08. The van der Waals surface area contributed by atoms with E-state index in [0.717, 1.165) is 17.7 Å². The molecule has 0 aliphatic carbocycles. The maximum absolute atomic E-state index is 4.44. The van der Waals surface area contributed by atoms with Gasteiger partial charge in [0.25, 0.3) is 0 Å². The minimum absolute atomic E-state index is 0.852. The molecule has 0 radical (unpaired) electrons. The van der Waals surface area contributed by atoms with E-state index < -0.39 is 0 Å². The molecule has 0 bridgehead atoms. The molecule has 0 aromatic heterocycles. The van der Waals surface area contributed by atoms with Crippen molar-refractivity contribution in [3.63, 3.8) is 0 Å². The average Bonchev–Trinajstić information content (AvgIpc) is 2.42. The van der Waals surface area contributed by atoms with Crippen LogP contribution in [0.5, 0.6) is 0 Å². The molecule has 0 saturated carbocycles. The number of rotatable bonds is 4. The van der Waals surface area contributed by atoms with Crippen molar-refractivity contribution >= 4 is 18.0 Å². The van der Waals surface area contributed by atoms with Gasteiger partial charge in [-0.3, -0.25) is 4.99 Å². The Bertz CT molecular complexity index is 533. The Morgan fingerprint density at radius 1 is 1.00 bits per heavy atom. The van der Waals surface area contributed by atoms with Crippen molar-refractivity contribution in [2.24, 2.45) is 4.99 Å². The van der Waals surface area contributed by atoms with Crippen LogP contribution >= 0.6 is 0 Å². The van der Waals surface area contributed by atoms with Gasteiger partial charge >= 0.3 is 0 Å². The Balaban J connectivity index is 1.97. The molecule has 0 fully saturated rings. The third-order valence-electron chi connectivity index (χ3n) is 2.82. The molecule has 0 atom stereocenters. The molecule has 90 valence electrons. The van der Waals surface area contributed by atoms with E-state index in [1.165, 1.54) is 11.1 Å². The minimum atomic E-state index is 0.852. The van der Waals surface area contributed by atoms with Crippen molar-refractivity contribution in [2.45, 2.75) is 13.3 Å². The topological polar surface area (TPSA) is 12.4 Å². The summed E-state index contributed by atoms with van der Waals surface area (Å²) in [4.78, 5) is 4.44. The maximum atomic E-state index is 4.44. The fourth-order valence-electron chi connectivity index (χ4n) is 1.68. The summed E-state index contributed by atoms with van der Waals surface area (Å²) in [5, 5.41) is 0. The molecule has 1 nitrogen and oxygen atoms in total. The summed E-state index contributed by atoms with van der Waals surface area (Å²) in [6, 6.07) is 16.6. The van der Waals surface area contributed by atoms with E-state index >= 15 is 0 Å². The van der Waals surface area contributed by atoms with Crippen LogP contribution in [0.3, 0.4) is 0 Å². The fraction of sp³-hybridized carbons (Fsp3) is 0.118. The zero-order chi connectivity index (χ0) is 12.8. The molecule has 0 amide bonds. The average molecular weight is 235 g/mol. The summed E-state index contributed by atoms with van der Waals surface area (Å²) in [5.74, 6) is 0. The molecule has 0 N–H and O–H groups in total. The summed E-state index contributed by atoms with van der Waals surface area (Å²) < 4.78 is 0. The van der Waals surface area contributed by atoms with Crippen LogP contribution in [0.25, 0.3) is 6.08 Å². The molecule has 2 aromatic rings. The second-order valence-electron chi connectivity index (χ2n) is 4.30. The van der Waals surface area contributed by atoms with Crippen LogP contribution in [-0.4, -0.2) is 6.21 Å². The Labute approximate surface area is 109 Å². The smallest absolute Gasteiger partial charge is 0.0626 e. The van der Waals surface area contributed by atoms with Crippen molar-refractivity contribution in [3.05, 3.63) is 71.8 Å². The lowest BCUT2D eigenvalue weighted by molar-refractivity contribution is 1.34. The van der Waals surface area contributed by atoms with E-state index in [0.29, 0.717) is 0 Å². The molecule has 0 unspecified atom stereocenters. The van der Waals surface area contributed by atoms with Crippen LogP contribution in [0.4, 0.5) is 5.69 Å². The molecular weight excluding hydrogens is 218 g/mol. The fourth-order valence-corrected chi connectivity index (χ4v) is 1.68. The van der Waals surface area contributed by atoms with E-state index in [2.05, 4.69) is 54.9 Å². The molecule has 18 heavy (non-hydrogen) atoms. The molecule has 2 rings (SSSR count). The summed E-state index contributed by atoms with van der Waals surface area (Å²) in [6.07, 6.45) is 4.66. The Morgan fingerprint density at radius 2 is 1.67 bits per heavy atom. The minimum Gasteiger partial charge on any atom is -0.261 e. The summed E-state index contributed by atoms with van der Waals surface area (Å²) in [7, 11) is 0. The number of benzene rings is 2. The molecule has 1 heteroatoms. The molecular formula is C17H17N. The van der Waals surface area contributed by atoms with Gasteiger partial charge in [0.15, 0.2) is 0 Å². The predicted octanol–water partition coefficient (Wildman–Crippen LogP) is 4.58. The third-order valence-corrected chi connectivity index (χ3v) is 2.82. The molecule has 0 spiro atoms. The van der Waals surface area contributed by atoms with Gasteiger partial charge in [-0.05, 0) is 30.2 Å². The van der Waals surface area contributed by atoms with E-state index in [4.69, 9.17) is 0 Å². The van der Waals surface area contributed by atoms with E-state index in [-0.39, 0.29) is 0 Å². The van der Waals surface area contributed by atoms with Gasteiger partial charge in [0.1, 0.15) is 0 Å². The highest BCUT2D eigenvalue weighted by Gasteiger charge is 1.91. The highest BCUT2D eigenvalue weighted by molar-refractivity contribution is 5.66. The van der Waals surface area contributed by atoms with Crippen molar-refractivity contribution < 1.29 is 0 Å². The number of aliphatic imine (C=N–C) groups is 1. The lowest BCUT2D eigenvalue weighted by Crippen LogP contribution is -1.85. The summed E-state index contributed by atoms with van der Waals surface area (Å²) in [5.41, 5.74) is 4.67. The van der Waals surface area contributed by atoms with Crippen molar-refractivity contribution in [2.75, 3.05) is 0 Å². The highest BCUT2D eigenvalue weighted by Crippen LogP contribution is 2.12. The number of hydrogen-bond donors (Lipinski definition) is 0. The zero-order valence-electron chi connectivity index (χ0n) is 10.6. The lowest BCUT2D eigenvalue weighted by Gasteiger charge is -1.98. The Morgan fingerprint density at radius 3 is 2.28 bits per heavy atom. The van der Waals surface area contributed by atoms with E-state index in [1.54, 1.807) is 0 Å². The van der Waals surface area contributed by atoms with Gasteiger partial charge in [0.2, 0.25) is 0 Å². The predicted molar refractivity (Wildman–Crippen MR) is 79.6 cm³/mol. The van der Waals surface area contributed by atoms with Gasteiger partial charge in [-0.1, -0.05) is 54.6 Å². The normalized spacial score (nSPS) is 10.7. The van der Waals surface area contributed by atoms with Crippen LogP contribution in [0, 0.1) is 6.92 Å². The SMILES string of the molecule is C=Cc1ccc(C/C=N/c2ccc(C)cc2)cc1. The van der Waals surface area contributed by atoms with Crippen LogP contribution in [-0.2, 0) is 6.42 Å². The Hall–Kier alpha value is -2.15. The molecule has 2 aromatic carbocycles. The van der Waals surface area contributed by atoms with Crippen molar-refractivity contribution in [1.82, 2.24) is 0 Å². The van der Waals surface area contributed by atoms with Crippen LogP contribution in [0.2, 0.25) is 0 Å². The van der Waals surface area contributed by atoms with E-state index in [9.17, 15) is 0 Å². The van der Waals surface area contributed by atoms with Gasteiger partial charge in [-0.2, -0.15) is 0 Å². The van der Waals surface area contributed by atoms with Crippen molar-refractivity contribution in [3.8, 4) is 0 Å². The maximum Gasteiger partial charge on any atom is 0.0626 e. The molecule has 0 heterocycles. The quantitative estimate of drug-likeness (QED) is 0.688. The van der Waals surface area contributed by atoms with Gasteiger partial charge in [-0.15, -0.1) is 0 Å². The van der Waals surface area contributed by atoms with Gasteiger partial charge in [0, 0.05) is 12.6 Å². The lowest BCUT2D eigenvalue weighted by atomic mass is 10.1. The second kappa shape index (κ2) is 5.97. The first-order chi connectivity index (χ1) is 8.78.